The maximum Gasteiger partial charge on any atom is 0.107 e. The van der Waals surface area contributed by atoms with Crippen LogP contribution in [0.3, 0.4) is 0 Å². The van der Waals surface area contributed by atoms with E-state index < -0.39 is 0 Å². The molecule has 2 aromatic rings. The fourth-order valence-electron chi connectivity index (χ4n) is 3.26. The Bertz CT molecular complexity index is 583. The quantitative estimate of drug-likeness (QED) is 0.462. The SMILES string of the molecule is CCCCCCCCCCCCc1nc2c(C)c(C)ccc2[nH]1. The van der Waals surface area contributed by atoms with Gasteiger partial charge >= 0.3 is 0 Å². The lowest BCUT2D eigenvalue weighted by molar-refractivity contribution is 0.554. The number of nitrogens with one attached hydrogen (secondary N) is 1. The van der Waals surface area contributed by atoms with E-state index in [1.807, 2.05) is 0 Å². The molecule has 0 saturated heterocycles. The first-order chi connectivity index (χ1) is 11.2. The summed E-state index contributed by atoms with van der Waals surface area (Å²) in [5.41, 5.74) is 4.99. The predicted octanol–water partition coefficient (Wildman–Crippen LogP) is 6.64. The third-order valence-corrected chi connectivity index (χ3v) is 4.99. The molecule has 0 unspecified atom stereocenters. The van der Waals surface area contributed by atoms with Crippen LogP contribution < -0.4 is 0 Å². The molecule has 0 atom stereocenters. The Kier molecular flexibility index (Phi) is 7.64. The third-order valence-electron chi connectivity index (χ3n) is 4.99. The Hall–Kier alpha value is -1.31. The number of nitrogens with zero attached hydrogens (tertiary/aromatic N) is 1. The molecule has 1 aromatic heterocycles. The van der Waals surface area contributed by atoms with Gasteiger partial charge in [0.25, 0.3) is 0 Å². The molecule has 0 aliphatic heterocycles. The fraction of sp³-hybridized carbons (Fsp3) is 0.667. The minimum absolute atomic E-state index is 1.09. The predicted molar refractivity (Wildman–Crippen MR) is 101 cm³/mol. The number of unbranched alkanes of at least 4 members (excludes halogenated alkanes) is 9. The number of aryl methyl sites for hydroxylation is 3. The van der Waals surface area contributed by atoms with E-state index >= 15 is 0 Å². The molecule has 1 aromatic carbocycles. The summed E-state index contributed by atoms with van der Waals surface area (Å²) in [4.78, 5) is 8.28. The first-order valence-electron chi connectivity index (χ1n) is 9.67. The Morgan fingerprint density at radius 2 is 1.43 bits per heavy atom. The van der Waals surface area contributed by atoms with Crippen molar-refractivity contribution in [3.05, 3.63) is 29.1 Å². The van der Waals surface area contributed by atoms with Gasteiger partial charge in [-0.25, -0.2) is 4.98 Å². The molecule has 2 heteroatoms. The number of H-pyrrole nitrogens is 1. The molecule has 2 nitrogen and oxygen atoms in total. The van der Waals surface area contributed by atoms with Crippen molar-refractivity contribution in [1.29, 1.82) is 0 Å². The van der Waals surface area contributed by atoms with Crippen LogP contribution in [0.1, 0.15) is 88.1 Å². The lowest BCUT2D eigenvalue weighted by atomic mass is 10.1. The van der Waals surface area contributed by atoms with Crippen LogP contribution in [0.5, 0.6) is 0 Å². The van der Waals surface area contributed by atoms with E-state index in [1.165, 1.54) is 80.9 Å². The van der Waals surface area contributed by atoms with Crippen molar-refractivity contribution < 1.29 is 0 Å². The van der Waals surface area contributed by atoms with E-state index in [-0.39, 0.29) is 0 Å². The highest BCUT2D eigenvalue weighted by Crippen LogP contribution is 2.20. The maximum absolute atomic E-state index is 4.79. The zero-order chi connectivity index (χ0) is 16.5. The number of benzene rings is 1. The minimum Gasteiger partial charge on any atom is -0.342 e. The first kappa shape index (κ1) is 18.0. The van der Waals surface area contributed by atoms with Crippen LogP contribution in [0, 0.1) is 13.8 Å². The van der Waals surface area contributed by atoms with Crippen LogP contribution in [0.15, 0.2) is 12.1 Å². The smallest absolute Gasteiger partial charge is 0.107 e. The molecule has 0 fully saturated rings. The molecule has 1 N–H and O–H groups in total. The summed E-state index contributed by atoms with van der Waals surface area (Å²) in [6.45, 7) is 6.61. The molecule has 1 heterocycles. The average Bonchev–Trinajstić information content (AvgIpc) is 2.97. The van der Waals surface area contributed by atoms with E-state index in [0.29, 0.717) is 0 Å². The molecule has 23 heavy (non-hydrogen) atoms. The van der Waals surface area contributed by atoms with Crippen LogP contribution in [-0.2, 0) is 6.42 Å². The van der Waals surface area contributed by atoms with Crippen LogP contribution in [0.25, 0.3) is 11.0 Å². The van der Waals surface area contributed by atoms with E-state index in [2.05, 4.69) is 37.9 Å². The van der Waals surface area contributed by atoms with Crippen molar-refractivity contribution in [3.8, 4) is 0 Å². The van der Waals surface area contributed by atoms with Gasteiger partial charge in [0.05, 0.1) is 11.0 Å². The van der Waals surface area contributed by atoms with Gasteiger partial charge in [-0.2, -0.15) is 0 Å². The number of imidazole rings is 1. The standard InChI is InChI=1S/C21H34N2/c1-4-5-6-7-8-9-10-11-12-13-14-20-22-19-16-15-17(2)18(3)21(19)23-20/h15-16H,4-14H2,1-3H3,(H,22,23). The van der Waals surface area contributed by atoms with Crippen molar-refractivity contribution in [1.82, 2.24) is 9.97 Å². The second-order valence-electron chi connectivity index (χ2n) is 7.02. The van der Waals surface area contributed by atoms with E-state index in [1.54, 1.807) is 0 Å². The highest BCUT2D eigenvalue weighted by atomic mass is 14.9. The molecule has 0 aliphatic carbocycles. The number of aromatic nitrogens is 2. The summed E-state index contributed by atoms with van der Waals surface area (Å²) >= 11 is 0. The third kappa shape index (κ3) is 5.67. The van der Waals surface area contributed by atoms with Crippen molar-refractivity contribution >= 4 is 11.0 Å². The van der Waals surface area contributed by atoms with Crippen LogP contribution in [0.4, 0.5) is 0 Å². The van der Waals surface area contributed by atoms with E-state index in [4.69, 9.17) is 4.98 Å². The zero-order valence-electron chi connectivity index (χ0n) is 15.4. The summed E-state index contributed by atoms with van der Waals surface area (Å²) in [6, 6.07) is 4.34. The average molecular weight is 315 g/mol. The van der Waals surface area contributed by atoms with Crippen molar-refractivity contribution in [3.63, 3.8) is 0 Å². The highest BCUT2D eigenvalue weighted by molar-refractivity contribution is 5.79. The Balaban J connectivity index is 1.61. The second-order valence-corrected chi connectivity index (χ2v) is 7.02. The normalized spacial score (nSPS) is 11.4. The fourth-order valence-corrected chi connectivity index (χ4v) is 3.26. The molecular weight excluding hydrogens is 280 g/mol. The number of rotatable bonds is 11. The summed E-state index contributed by atoms with van der Waals surface area (Å²) in [7, 11) is 0. The lowest BCUT2D eigenvalue weighted by Gasteiger charge is -2.01. The molecule has 128 valence electrons. The second kappa shape index (κ2) is 9.75. The van der Waals surface area contributed by atoms with Gasteiger partial charge in [-0.3, -0.25) is 0 Å². The molecule has 0 radical (unpaired) electrons. The minimum atomic E-state index is 1.09. The van der Waals surface area contributed by atoms with Gasteiger partial charge < -0.3 is 4.98 Å². The van der Waals surface area contributed by atoms with Gasteiger partial charge in [0, 0.05) is 6.42 Å². The highest BCUT2D eigenvalue weighted by Gasteiger charge is 2.06. The van der Waals surface area contributed by atoms with Gasteiger partial charge in [-0.15, -0.1) is 0 Å². The Labute approximate surface area is 142 Å². The Morgan fingerprint density at radius 1 is 0.826 bits per heavy atom. The van der Waals surface area contributed by atoms with Crippen molar-refractivity contribution in [2.75, 3.05) is 0 Å². The van der Waals surface area contributed by atoms with Crippen LogP contribution >= 0.6 is 0 Å². The number of aromatic amines is 1. The largest absolute Gasteiger partial charge is 0.342 e. The van der Waals surface area contributed by atoms with Crippen molar-refractivity contribution in [2.45, 2.75) is 91.4 Å². The zero-order valence-corrected chi connectivity index (χ0v) is 15.4. The van der Waals surface area contributed by atoms with Gasteiger partial charge in [0.2, 0.25) is 0 Å². The molecule has 0 aliphatic rings. The molecule has 0 saturated carbocycles. The van der Waals surface area contributed by atoms with E-state index in [9.17, 15) is 0 Å². The monoisotopic (exact) mass is 314 g/mol. The molecule has 0 bridgehead atoms. The maximum atomic E-state index is 4.79. The van der Waals surface area contributed by atoms with Gasteiger partial charge in [0.15, 0.2) is 0 Å². The Morgan fingerprint density at radius 3 is 2.09 bits per heavy atom. The summed E-state index contributed by atoms with van der Waals surface area (Å²) in [5, 5.41) is 0. The molecule has 2 rings (SSSR count). The van der Waals surface area contributed by atoms with Crippen molar-refractivity contribution in [2.24, 2.45) is 0 Å². The van der Waals surface area contributed by atoms with Gasteiger partial charge in [-0.1, -0.05) is 70.8 Å². The van der Waals surface area contributed by atoms with E-state index in [0.717, 1.165) is 17.8 Å². The number of hydrogen-bond donors (Lipinski definition) is 1. The molecule has 0 amide bonds. The summed E-state index contributed by atoms with van der Waals surface area (Å²) in [5.74, 6) is 1.16. The lowest BCUT2D eigenvalue weighted by Crippen LogP contribution is -1.89. The summed E-state index contributed by atoms with van der Waals surface area (Å²) < 4.78 is 0. The van der Waals surface area contributed by atoms with Crippen LogP contribution in [-0.4, -0.2) is 9.97 Å². The first-order valence-corrected chi connectivity index (χ1v) is 9.67. The molecular formula is C21H34N2. The summed E-state index contributed by atoms with van der Waals surface area (Å²) in [6.07, 6.45) is 15.0. The topological polar surface area (TPSA) is 28.7 Å². The van der Waals surface area contributed by atoms with Gasteiger partial charge in [-0.05, 0) is 37.5 Å². The van der Waals surface area contributed by atoms with Gasteiger partial charge in [0.1, 0.15) is 5.82 Å². The number of hydrogen-bond acceptors (Lipinski definition) is 1. The number of fused-ring (bicyclic) bond motifs is 1. The van der Waals surface area contributed by atoms with Crippen LogP contribution in [0.2, 0.25) is 0 Å². The molecule has 0 spiro atoms.